The van der Waals surface area contributed by atoms with Crippen LogP contribution in [0.5, 0.6) is 5.75 Å². The SMILES string of the molecule is CC(CO)(NCc1ccc(O)cc1)c1ccccc1. The minimum absolute atomic E-state index is 0.0229. The van der Waals surface area contributed by atoms with Crippen molar-refractivity contribution in [3.63, 3.8) is 0 Å². The molecule has 100 valence electrons. The maximum Gasteiger partial charge on any atom is 0.115 e. The molecule has 0 bridgehead atoms. The van der Waals surface area contributed by atoms with E-state index in [9.17, 15) is 10.2 Å². The highest BCUT2D eigenvalue weighted by molar-refractivity contribution is 5.27. The molecule has 2 rings (SSSR count). The molecule has 0 aliphatic rings. The summed E-state index contributed by atoms with van der Waals surface area (Å²) >= 11 is 0. The molecule has 3 heteroatoms. The number of aliphatic hydroxyl groups is 1. The van der Waals surface area contributed by atoms with Crippen LogP contribution in [0.4, 0.5) is 0 Å². The molecular formula is C16H19NO2. The summed E-state index contributed by atoms with van der Waals surface area (Å²) in [6.45, 7) is 2.63. The van der Waals surface area contributed by atoms with Crippen molar-refractivity contribution in [1.29, 1.82) is 0 Å². The molecule has 0 aliphatic carbocycles. The third-order valence-electron chi connectivity index (χ3n) is 3.35. The van der Waals surface area contributed by atoms with E-state index in [1.54, 1.807) is 12.1 Å². The Bertz CT molecular complexity index is 510. The first kappa shape index (κ1) is 13.6. The molecule has 2 aromatic carbocycles. The maximum atomic E-state index is 9.66. The molecule has 3 nitrogen and oxygen atoms in total. The van der Waals surface area contributed by atoms with Gasteiger partial charge in [0.2, 0.25) is 0 Å². The topological polar surface area (TPSA) is 52.5 Å². The van der Waals surface area contributed by atoms with Crippen LogP contribution in [0, 0.1) is 0 Å². The first-order valence-corrected chi connectivity index (χ1v) is 6.33. The zero-order valence-corrected chi connectivity index (χ0v) is 11.0. The third-order valence-corrected chi connectivity index (χ3v) is 3.35. The standard InChI is InChI=1S/C16H19NO2/c1-16(12-18,14-5-3-2-4-6-14)17-11-13-7-9-15(19)10-8-13/h2-10,17-19H,11-12H2,1H3. The predicted octanol–water partition coefficient (Wildman–Crippen LogP) is 2.39. The van der Waals surface area contributed by atoms with Crippen molar-refractivity contribution in [2.45, 2.75) is 19.0 Å². The molecular weight excluding hydrogens is 238 g/mol. The second-order valence-electron chi connectivity index (χ2n) is 4.88. The summed E-state index contributed by atoms with van der Waals surface area (Å²) in [6.07, 6.45) is 0. The van der Waals surface area contributed by atoms with E-state index in [0.29, 0.717) is 6.54 Å². The smallest absolute Gasteiger partial charge is 0.115 e. The van der Waals surface area contributed by atoms with Crippen LogP contribution in [-0.4, -0.2) is 16.8 Å². The minimum atomic E-state index is -0.473. The third kappa shape index (κ3) is 3.34. The monoisotopic (exact) mass is 257 g/mol. The van der Waals surface area contributed by atoms with Crippen LogP contribution in [0.15, 0.2) is 54.6 Å². The first-order chi connectivity index (χ1) is 9.14. The second-order valence-corrected chi connectivity index (χ2v) is 4.88. The van der Waals surface area contributed by atoms with E-state index in [0.717, 1.165) is 11.1 Å². The molecule has 3 N–H and O–H groups in total. The van der Waals surface area contributed by atoms with Crippen LogP contribution in [0.25, 0.3) is 0 Å². The van der Waals surface area contributed by atoms with Gasteiger partial charge in [0, 0.05) is 6.54 Å². The number of hydrogen-bond acceptors (Lipinski definition) is 3. The van der Waals surface area contributed by atoms with Crippen molar-refractivity contribution in [3.8, 4) is 5.75 Å². The van der Waals surface area contributed by atoms with Crippen molar-refractivity contribution < 1.29 is 10.2 Å². The van der Waals surface area contributed by atoms with Gasteiger partial charge in [-0.2, -0.15) is 0 Å². The van der Waals surface area contributed by atoms with E-state index in [1.807, 2.05) is 49.4 Å². The van der Waals surface area contributed by atoms with Gasteiger partial charge in [-0.3, -0.25) is 0 Å². The van der Waals surface area contributed by atoms with E-state index in [-0.39, 0.29) is 12.4 Å². The summed E-state index contributed by atoms with van der Waals surface area (Å²) in [5.41, 5.74) is 1.64. The molecule has 0 fully saturated rings. The fourth-order valence-electron chi connectivity index (χ4n) is 1.97. The second kappa shape index (κ2) is 5.87. The predicted molar refractivity (Wildman–Crippen MR) is 75.8 cm³/mol. The van der Waals surface area contributed by atoms with Gasteiger partial charge in [-0.25, -0.2) is 0 Å². The largest absolute Gasteiger partial charge is 0.508 e. The first-order valence-electron chi connectivity index (χ1n) is 6.33. The van der Waals surface area contributed by atoms with Gasteiger partial charge in [-0.15, -0.1) is 0 Å². The lowest BCUT2D eigenvalue weighted by Crippen LogP contribution is -2.42. The van der Waals surface area contributed by atoms with Gasteiger partial charge in [0.1, 0.15) is 5.75 Å². The van der Waals surface area contributed by atoms with Gasteiger partial charge < -0.3 is 15.5 Å². The molecule has 0 amide bonds. The van der Waals surface area contributed by atoms with Crippen molar-refractivity contribution in [2.24, 2.45) is 0 Å². The van der Waals surface area contributed by atoms with Gasteiger partial charge in [-0.05, 0) is 30.2 Å². The van der Waals surface area contributed by atoms with Crippen LogP contribution >= 0.6 is 0 Å². The summed E-state index contributed by atoms with van der Waals surface area (Å²) < 4.78 is 0. The Kier molecular flexibility index (Phi) is 4.20. The van der Waals surface area contributed by atoms with E-state index < -0.39 is 5.54 Å². The van der Waals surface area contributed by atoms with Gasteiger partial charge >= 0.3 is 0 Å². The molecule has 1 atom stereocenters. The summed E-state index contributed by atoms with van der Waals surface area (Å²) in [4.78, 5) is 0. The lowest BCUT2D eigenvalue weighted by molar-refractivity contribution is 0.173. The zero-order chi connectivity index (χ0) is 13.7. The number of benzene rings is 2. The normalized spacial score (nSPS) is 14.0. The number of hydrogen-bond donors (Lipinski definition) is 3. The molecule has 0 heterocycles. The van der Waals surface area contributed by atoms with Crippen LogP contribution in [0.1, 0.15) is 18.1 Å². The Morgan fingerprint density at radius 1 is 1.00 bits per heavy atom. The summed E-state index contributed by atoms with van der Waals surface area (Å²) in [6, 6.07) is 16.9. The number of nitrogens with one attached hydrogen (secondary N) is 1. The van der Waals surface area contributed by atoms with E-state index in [2.05, 4.69) is 5.32 Å². The van der Waals surface area contributed by atoms with Crippen molar-refractivity contribution in [3.05, 3.63) is 65.7 Å². The average Bonchev–Trinajstić information content (AvgIpc) is 2.47. The average molecular weight is 257 g/mol. The van der Waals surface area contributed by atoms with E-state index >= 15 is 0 Å². The number of aromatic hydroxyl groups is 1. The highest BCUT2D eigenvalue weighted by Crippen LogP contribution is 2.20. The molecule has 0 radical (unpaired) electrons. The quantitative estimate of drug-likeness (QED) is 0.771. The summed E-state index contributed by atoms with van der Waals surface area (Å²) in [5, 5.41) is 22.3. The number of rotatable bonds is 5. The van der Waals surface area contributed by atoms with Gasteiger partial charge in [-0.1, -0.05) is 42.5 Å². The van der Waals surface area contributed by atoms with Crippen molar-refractivity contribution in [2.75, 3.05) is 6.61 Å². The van der Waals surface area contributed by atoms with Crippen molar-refractivity contribution in [1.82, 2.24) is 5.32 Å². The van der Waals surface area contributed by atoms with Crippen LogP contribution < -0.4 is 5.32 Å². The van der Waals surface area contributed by atoms with Gasteiger partial charge in [0.15, 0.2) is 0 Å². The lowest BCUT2D eigenvalue weighted by atomic mass is 9.92. The van der Waals surface area contributed by atoms with E-state index in [1.165, 1.54) is 0 Å². The molecule has 0 saturated heterocycles. The van der Waals surface area contributed by atoms with Crippen LogP contribution in [0.3, 0.4) is 0 Å². The Morgan fingerprint density at radius 3 is 2.21 bits per heavy atom. The molecule has 0 aromatic heterocycles. The molecule has 0 aliphatic heterocycles. The highest BCUT2D eigenvalue weighted by Gasteiger charge is 2.24. The Labute approximate surface area is 113 Å². The fourth-order valence-corrected chi connectivity index (χ4v) is 1.97. The molecule has 2 aromatic rings. The number of phenolic OH excluding ortho intramolecular Hbond substituents is 1. The molecule has 1 unspecified atom stereocenters. The molecule has 0 spiro atoms. The van der Waals surface area contributed by atoms with Crippen molar-refractivity contribution >= 4 is 0 Å². The summed E-state index contributed by atoms with van der Waals surface area (Å²) in [7, 11) is 0. The maximum absolute atomic E-state index is 9.66. The summed E-state index contributed by atoms with van der Waals surface area (Å²) in [5.74, 6) is 0.261. The number of aliphatic hydroxyl groups excluding tert-OH is 1. The minimum Gasteiger partial charge on any atom is -0.508 e. The van der Waals surface area contributed by atoms with Gasteiger partial charge in [0.25, 0.3) is 0 Å². The van der Waals surface area contributed by atoms with Crippen LogP contribution in [0.2, 0.25) is 0 Å². The Hall–Kier alpha value is -1.84. The lowest BCUT2D eigenvalue weighted by Gasteiger charge is -2.29. The molecule has 19 heavy (non-hydrogen) atoms. The number of phenols is 1. The molecule has 0 saturated carbocycles. The Balaban J connectivity index is 2.09. The fraction of sp³-hybridized carbons (Fsp3) is 0.250. The zero-order valence-electron chi connectivity index (χ0n) is 11.0. The highest BCUT2D eigenvalue weighted by atomic mass is 16.3. The van der Waals surface area contributed by atoms with E-state index in [4.69, 9.17) is 0 Å². The van der Waals surface area contributed by atoms with Gasteiger partial charge in [0.05, 0.1) is 12.1 Å². The van der Waals surface area contributed by atoms with Crippen LogP contribution in [-0.2, 0) is 12.1 Å². The Morgan fingerprint density at radius 2 is 1.63 bits per heavy atom.